The highest BCUT2D eigenvalue weighted by atomic mass is 16.3. The molecule has 0 heterocycles. The van der Waals surface area contributed by atoms with Crippen LogP contribution in [-0.4, -0.2) is 20.4 Å². The minimum absolute atomic E-state index is 0.0107. The van der Waals surface area contributed by atoms with E-state index in [2.05, 4.69) is 0 Å². The van der Waals surface area contributed by atoms with E-state index in [0.29, 0.717) is 22.3 Å². The van der Waals surface area contributed by atoms with E-state index < -0.39 is 0 Å². The van der Waals surface area contributed by atoms with Crippen LogP contribution in [0.4, 0.5) is 0 Å². The van der Waals surface area contributed by atoms with Gasteiger partial charge in [-0.05, 0) is 41.0 Å². The van der Waals surface area contributed by atoms with E-state index in [0.717, 1.165) is 0 Å². The monoisotopic (exact) mass is 386 g/mol. The Labute approximate surface area is 168 Å². The van der Waals surface area contributed by atoms with Gasteiger partial charge < -0.3 is 20.4 Å². The van der Waals surface area contributed by atoms with Crippen molar-refractivity contribution in [3.8, 4) is 23.0 Å². The molecule has 2 aromatic carbocycles. The number of hydrogen-bond donors (Lipinski definition) is 4. The molecule has 28 heavy (non-hydrogen) atoms. The number of rotatable bonds is 3. The average Bonchev–Trinajstić information content (AvgIpc) is 2.51. The fourth-order valence-electron chi connectivity index (χ4n) is 3.77. The molecule has 0 atom stereocenters. The lowest BCUT2D eigenvalue weighted by Gasteiger charge is -2.28. The number of aromatic hydroxyl groups is 4. The smallest absolute Gasteiger partial charge is 0.119 e. The second-order valence-corrected chi connectivity index (χ2v) is 10.1. The third-order valence-corrected chi connectivity index (χ3v) is 5.24. The number of hydrogen-bond acceptors (Lipinski definition) is 4. The molecule has 4 heteroatoms. The van der Waals surface area contributed by atoms with Gasteiger partial charge >= 0.3 is 0 Å². The quantitative estimate of drug-likeness (QED) is 0.496. The van der Waals surface area contributed by atoms with Crippen LogP contribution in [0, 0.1) is 5.92 Å². The first-order chi connectivity index (χ1) is 12.6. The van der Waals surface area contributed by atoms with E-state index in [-0.39, 0.29) is 45.7 Å². The van der Waals surface area contributed by atoms with Crippen molar-refractivity contribution in [2.45, 2.75) is 72.1 Å². The van der Waals surface area contributed by atoms with Gasteiger partial charge in [-0.25, -0.2) is 0 Å². The van der Waals surface area contributed by atoms with E-state index in [1.54, 1.807) is 24.3 Å². The van der Waals surface area contributed by atoms with Crippen molar-refractivity contribution >= 4 is 0 Å². The first kappa shape index (κ1) is 21.9. The third-order valence-electron chi connectivity index (χ3n) is 5.24. The molecule has 0 saturated carbocycles. The Kier molecular flexibility index (Phi) is 5.66. The van der Waals surface area contributed by atoms with Crippen LogP contribution < -0.4 is 0 Å². The maximum absolute atomic E-state index is 10.7. The zero-order chi connectivity index (χ0) is 21.6. The van der Waals surface area contributed by atoms with Crippen LogP contribution in [0.5, 0.6) is 23.0 Å². The molecule has 0 aliphatic carbocycles. The molecule has 4 nitrogen and oxygen atoms in total. The number of phenols is 4. The van der Waals surface area contributed by atoms with Crippen molar-refractivity contribution in [2.24, 2.45) is 5.92 Å². The van der Waals surface area contributed by atoms with E-state index in [1.807, 2.05) is 55.4 Å². The molecule has 0 aliphatic heterocycles. The standard InChI is InChI=1S/C24H34O4/c1-13(2)22(14-9-20(27)16(11-18(14)25)23(3,4)5)15-10-21(28)17(12-19(15)26)24(6,7)8/h9-13,22,25-28H,1-8H3. The summed E-state index contributed by atoms with van der Waals surface area (Å²) in [5, 5.41) is 42.7. The van der Waals surface area contributed by atoms with E-state index >= 15 is 0 Å². The molecular weight excluding hydrogens is 352 g/mol. The van der Waals surface area contributed by atoms with Gasteiger partial charge in [0.05, 0.1) is 0 Å². The van der Waals surface area contributed by atoms with Crippen molar-refractivity contribution in [3.05, 3.63) is 46.5 Å². The summed E-state index contributed by atoms with van der Waals surface area (Å²) in [5.41, 5.74) is 1.74. The van der Waals surface area contributed by atoms with Crippen LogP contribution in [0.15, 0.2) is 24.3 Å². The van der Waals surface area contributed by atoms with E-state index in [9.17, 15) is 20.4 Å². The van der Waals surface area contributed by atoms with Crippen LogP contribution in [0.25, 0.3) is 0 Å². The summed E-state index contributed by atoms with van der Waals surface area (Å²) in [4.78, 5) is 0. The summed E-state index contributed by atoms with van der Waals surface area (Å²) >= 11 is 0. The zero-order valence-electron chi connectivity index (χ0n) is 18.3. The number of benzene rings is 2. The summed E-state index contributed by atoms with van der Waals surface area (Å²) in [7, 11) is 0. The van der Waals surface area contributed by atoms with Crippen LogP contribution >= 0.6 is 0 Å². The molecule has 0 unspecified atom stereocenters. The van der Waals surface area contributed by atoms with Gasteiger partial charge in [-0.3, -0.25) is 0 Å². The van der Waals surface area contributed by atoms with Crippen LogP contribution in [0.1, 0.15) is 83.6 Å². The van der Waals surface area contributed by atoms with Crippen molar-refractivity contribution < 1.29 is 20.4 Å². The van der Waals surface area contributed by atoms with E-state index in [1.165, 1.54) is 0 Å². The Morgan fingerprint density at radius 1 is 0.571 bits per heavy atom. The Morgan fingerprint density at radius 2 is 0.893 bits per heavy atom. The zero-order valence-corrected chi connectivity index (χ0v) is 18.3. The Hall–Kier alpha value is -2.36. The second-order valence-electron chi connectivity index (χ2n) is 10.1. The highest BCUT2D eigenvalue weighted by molar-refractivity contribution is 5.56. The molecule has 0 amide bonds. The fraction of sp³-hybridized carbons (Fsp3) is 0.500. The van der Waals surface area contributed by atoms with Gasteiger partial charge in [0, 0.05) is 28.2 Å². The Morgan fingerprint density at radius 3 is 1.14 bits per heavy atom. The highest BCUT2D eigenvalue weighted by Crippen LogP contribution is 2.47. The van der Waals surface area contributed by atoms with Crippen LogP contribution in [-0.2, 0) is 10.8 Å². The fourth-order valence-corrected chi connectivity index (χ4v) is 3.77. The summed E-state index contributed by atoms with van der Waals surface area (Å²) in [6.07, 6.45) is 0. The second kappa shape index (κ2) is 7.23. The highest BCUT2D eigenvalue weighted by Gasteiger charge is 2.29. The van der Waals surface area contributed by atoms with Gasteiger partial charge in [0.15, 0.2) is 0 Å². The lowest BCUT2D eigenvalue weighted by Crippen LogP contribution is -2.15. The Bertz CT molecular complexity index is 798. The minimum Gasteiger partial charge on any atom is -0.508 e. The molecule has 4 N–H and O–H groups in total. The normalized spacial score (nSPS) is 12.8. The maximum atomic E-state index is 10.7. The van der Waals surface area contributed by atoms with Crippen LogP contribution in [0.2, 0.25) is 0 Å². The lowest BCUT2D eigenvalue weighted by atomic mass is 9.77. The largest absolute Gasteiger partial charge is 0.508 e. The van der Waals surface area contributed by atoms with Gasteiger partial charge in [0.2, 0.25) is 0 Å². The summed E-state index contributed by atoms with van der Waals surface area (Å²) in [5.74, 6) is -0.0150. The van der Waals surface area contributed by atoms with Crippen molar-refractivity contribution in [1.29, 1.82) is 0 Å². The summed E-state index contributed by atoms with van der Waals surface area (Å²) in [6.45, 7) is 15.8. The molecule has 0 aromatic heterocycles. The molecule has 0 bridgehead atoms. The molecule has 2 rings (SSSR count). The first-order valence-electron chi connectivity index (χ1n) is 9.77. The molecule has 0 aliphatic rings. The lowest BCUT2D eigenvalue weighted by molar-refractivity contribution is 0.411. The van der Waals surface area contributed by atoms with Crippen molar-refractivity contribution in [2.75, 3.05) is 0 Å². The first-order valence-corrected chi connectivity index (χ1v) is 9.77. The van der Waals surface area contributed by atoms with Gasteiger partial charge in [-0.1, -0.05) is 55.4 Å². The minimum atomic E-state index is -0.389. The molecule has 2 aromatic rings. The molecule has 0 spiro atoms. The molecular formula is C24H34O4. The predicted octanol–water partition coefficient (Wildman–Crippen LogP) is 5.89. The predicted molar refractivity (Wildman–Crippen MR) is 114 cm³/mol. The average molecular weight is 387 g/mol. The SMILES string of the molecule is CC(C)C(c1cc(O)c(C(C)(C)C)cc1O)c1cc(O)c(C(C)(C)C)cc1O. The molecule has 0 fully saturated rings. The summed E-state index contributed by atoms with van der Waals surface area (Å²) in [6, 6.07) is 6.35. The van der Waals surface area contributed by atoms with Crippen molar-refractivity contribution in [1.82, 2.24) is 0 Å². The van der Waals surface area contributed by atoms with E-state index in [4.69, 9.17) is 0 Å². The van der Waals surface area contributed by atoms with Gasteiger partial charge in [-0.2, -0.15) is 0 Å². The summed E-state index contributed by atoms with van der Waals surface area (Å²) < 4.78 is 0. The third kappa shape index (κ3) is 4.21. The van der Waals surface area contributed by atoms with Crippen molar-refractivity contribution in [3.63, 3.8) is 0 Å². The molecule has 0 radical (unpaired) electrons. The van der Waals surface area contributed by atoms with Gasteiger partial charge in [0.25, 0.3) is 0 Å². The van der Waals surface area contributed by atoms with Gasteiger partial charge in [0.1, 0.15) is 23.0 Å². The topological polar surface area (TPSA) is 80.9 Å². The maximum Gasteiger partial charge on any atom is 0.119 e. The number of phenolic OH excluding ortho intramolecular Hbond substituents is 4. The molecule has 0 saturated heterocycles. The van der Waals surface area contributed by atoms with Gasteiger partial charge in [-0.15, -0.1) is 0 Å². The Balaban J connectivity index is 2.69. The van der Waals surface area contributed by atoms with Crippen LogP contribution in [0.3, 0.4) is 0 Å². The molecule has 154 valence electrons.